The number of hydrogen-bond donors (Lipinski definition) is 1. The molecule has 3 atom stereocenters. The highest BCUT2D eigenvalue weighted by molar-refractivity contribution is 7.91. The summed E-state index contributed by atoms with van der Waals surface area (Å²) in [6, 6.07) is 1.70. The SMILES string of the molecule is Cc1c(OCC(O)C[N+](C)(C)C)cc2c(c1C)[SH+]([O-])=C1C=CC=CC1C2=O.[Cl-]. The van der Waals surface area contributed by atoms with Crippen LogP contribution in [-0.4, -0.2) is 65.2 Å². The summed E-state index contributed by atoms with van der Waals surface area (Å²) in [7, 11) is 4.24. The van der Waals surface area contributed by atoms with Crippen LogP contribution in [0.3, 0.4) is 0 Å². The van der Waals surface area contributed by atoms with Crippen LogP contribution in [0.15, 0.2) is 35.3 Å². The first-order valence-electron chi connectivity index (χ1n) is 9.09. The Morgan fingerprint density at radius 1 is 1.25 bits per heavy atom. The number of rotatable bonds is 5. The maximum atomic E-state index is 13.1. The molecule has 2 aliphatic rings. The standard InChI is InChI=1S/C21H28NO4S.ClH/c1-13-14(2)21-17(10-18(13)26-12-15(23)11-22(3,4)5)20(24)16-8-6-7-9-19(16)27(21)25;/h6-10,15-16,23,27H,11-12H2,1-5H3;1H/q+1;/p-1. The molecule has 5 nitrogen and oxygen atoms in total. The van der Waals surface area contributed by atoms with Gasteiger partial charge in [0.05, 0.1) is 26.7 Å². The van der Waals surface area contributed by atoms with Crippen molar-refractivity contribution < 1.29 is 36.1 Å². The first-order valence-corrected chi connectivity index (χ1v) is 10.3. The Kier molecular flexibility index (Phi) is 6.94. The molecule has 1 heterocycles. The number of aliphatic hydroxyl groups excluding tert-OH is 1. The Balaban J connectivity index is 0.00000280. The van der Waals surface area contributed by atoms with Gasteiger partial charge in [-0.25, -0.2) is 0 Å². The Hall–Kier alpha value is -1.44. The molecule has 0 saturated heterocycles. The second-order valence-electron chi connectivity index (χ2n) is 8.26. The highest BCUT2D eigenvalue weighted by Crippen LogP contribution is 2.36. The Labute approximate surface area is 175 Å². The van der Waals surface area contributed by atoms with E-state index < -0.39 is 22.8 Å². The number of ether oxygens (including phenoxy) is 1. The van der Waals surface area contributed by atoms with E-state index in [4.69, 9.17) is 4.74 Å². The molecule has 1 aliphatic carbocycles. The van der Waals surface area contributed by atoms with Crippen LogP contribution in [-0.2, 0) is 10.8 Å². The molecule has 1 N–H and O–H groups in total. The topological polar surface area (TPSA) is 69.6 Å². The molecule has 0 aromatic heterocycles. The van der Waals surface area contributed by atoms with E-state index in [2.05, 4.69) is 0 Å². The maximum absolute atomic E-state index is 13.1. The largest absolute Gasteiger partial charge is 1.00 e. The van der Waals surface area contributed by atoms with Gasteiger partial charge in [0.15, 0.2) is 5.78 Å². The number of thiol groups is 1. The van der Waals surface area contributed by atoms with Crippen molar-refractivity contribution in [1.82, 2.24) is 0 Å². The van der Waals surface area contributed by atoms with E-state index in [1.54, 1.807) is 18.2 Å². The number of likely N-dealkylation sites (N-methyl/N-ethyl adjacent to an activating group) is 1. The fraction of sp³-hybridized carbons (Fsp3) is 0.429. The average Bonchev–Trinajstić information content (AvgIpc) is 2.59. The first kappa shape index (κ1) is 22.8. The maximum Gasteiger partial charge on any atom is 0.183 e. The van der Waals surface area contributed by atoms with E-state index in [-0.39, 0.29) is 24.8 Å². The molecule has 1 aromatic rings. The number of aliphatic hydroxyl groups is 1. The lowest BCUT2D eigenvalue weighted by Gasteiger charge is -2.29. The molecule has 0 bridgehead atoms. The Morgan fingerprint density at radius 2 is 1.93 bits per heavy atom. The van der Waals surface area contributed by atoms with Crippen LogP contribution in [0.1, 0.15) is 21.5 Å². The van der Waals surface area contributed by atoms with Crippen LogP contribution in [0.4, 0.5) is 0 Å². The van der Waals surface area contributed by atoms with Crippen molar-refractivity contribution in [3.8, 4) is 5.75 Å². The van der Waals surface area contributed by atoms with Gasteiger partial charge >= 0.3 is 0 Å². The second-order valence-corrected chi connectivity index (χ2v) is 9.82. The molecule has 0 saturated carbocycles. The summed E-state index contributed by atoms with van der Waals surface area (Å²) in [6.45, 7) is 4.50. The van der Waals surface area contributed by atoms with Crippen LogP contribution in [0.25, 0.3) is 0 Å². The minimum absolute atomic E-state index is 0. The predicted molar refractivity (Wildman–Crippen MR) is 109 cm³/mol. The molecular weight excluding hydrogens is 398 g/mol. The van der Waals surface area contributed by atoms with Gasteiger partial charge in [-0.1, -0.05) is 18.2 Å². The zero-order valence-electron chi connectivity index (χ0n) is 16.9. The third-order valence-corrected chi connectivity index (χ3v) is 6.87. The fourth-order valence-electron chi connectivity index (χ4n) is 3.59. The monoisotopic (exact) mass is 425 g/mol. The lowest BCUT2D eigenvalue weighted by atomic mass is 9.89. The summed E-state index contributed by atoms with van der Waals surface area (Å²) in [5.74, 6) is 0.0714. The summed E-state index contributed by atoms with van der Waals surface area (Å²) < 4.78 is 19.6. The number of quaternary nitrogens is 1. The average molecular weight is 426 g/mol. The van der Waals surface area contributed by atoms with Gasteiger partial charge in [-0.2, -0.15) is 0 Å². The number of hydrogen-bond acceptors (Lipinski definition) is 4. The van der Waals surface area contributed by atoms with Gasteiger partial charge in [-0.05, 0) is 31.6 Å². The number of Topliss-reactive ketones (excluding diaryl/α,β-unsaturated/α-hetero) is 1. The van der Waals surface area contributed by atoms with E-state index in [1.807, 2.05) is 47.1 Å². The van der Waals surface area contributed by atoms with Crippen LogP contribution in [0.5, 0.6) is 5.75 Å². The van der Waals surface area contributed by atoms with E-state index in [1.165, 1.54) is 0 Å². The van der Waals surface area contributed by atoms with Crippen molar-refractivity contribution in [1.29, 1.82) is 0 Å². The van der Waals surface area contributed by atoms with E-state index in [9.17, 15) is 14.5 Å². The Bertz CT molecular complexity index is 883. The molecule has 0 amide bonds. The summed E-state index contributed by atoms with van der Waals surface area (Å²) >= 11 is 0. The highest BCUT2D eigenvalue weighted by atomic mass is 35.5. The molecule has 3 unspecified atom stereocenters. The lowest BCUT2D eigenvalue weighted by Crippen LogP contribution is -3.00. The lowest BCUT2D eigenvalue weighted by molar-refractivity contribution is -0.873. The van der Waals surface area contributed by atoms with Gasteiger partial charge < -0.3 is 31.3 Å². The predicted octanol–water partition coefficient (Wildman–Crippen LogP) is -1.30. The Morgan fingerprint density at radius 3 is 2.57 bits per heavy atom. The highest BCUT2D eigenvalue weighted by Gasteiger charge is 2.36. The number of ketones is 1. The van der Waals surface area contributed by atoms with Gasteiger partial charge in [0.25, 0.3) is 0 Å². The smallest absolute Gasteiger partial charge is 0.183 e. The molecule has 28 heavy (non-hydrogen) atoms. The van der Waals surface area contributed by atoms with Crippen molar-refractivity contribution in [2.45, 2.75) is 24.8 Å². The van der Waals surface area contributed by atoms with Crippen LogP contribution in [0.2, 0.25) is 0 Å². The second kappa shape index (κ2) is 8.51. The molecule has 1 aromatic carbocycles. The summed E-state index contributed by atoms with van der Waals surface area (Å²) in [5.41, 5.74) is 2.16. The number of carbonyl (C=O) groups is 1. The molecule has 0 fully saturated rings. The van der Waals surface area contributed by atoms with Gasteiger partial charge in [0.2, 0.25) is 0 Å². The molecule has 0 radical (unpaired) electrons. The quantitative estimate of drug-likeness (QED) is 0.276. The number of nitrogens with zero attached hydrogens (tertiary/aromatic N) is 1. The molecule has 7 heteroatoms. The van der Waals surface area contributed by atoms with Crippen molar-refractivity contribution in [3.63, 3.8) is 0 Å². The van der Waals surface area contributed by atoms with Crippen molar-refractivity contribution in [2.24, 2.45) is 5.92 Å². The number of carbonyl (C=O) groups excluding carboxylic acids is 1. The number of allylic oxidation sites excluding steroid dienone is 4. The summed E-state index contributed by atoms with van der Waals surface area (Å²) in [5, 5.41) is 10.2. The normalized spacial score (nSPS) is 21.7. The van der Waals surface area contributed by atoms with Crippen molar-refractivity contribution >= 4 is 21.4 Å². The first-order chi connectivity index (χ1) is 12.6. The summed E-state index contributed by atoms with van der Waals surface area (Å²) in [4.78, 5) is 14.3. The number of halogens is 1. The minimum Gasteiger partial charge on any atom is -1.00 e. The van der Waals surface area contributed by atoms with E-state index in [0.717, 1.165) is 11.1 Å². The van der Waals surface area contributed by atoms with E-state index >= 15 is 0 Å². The van der Waals surface area contributed by atoms with Gasteiger partial charge in [0, 0.05) is 5.56 Å². The van der Waals surface area contributed by atoms with Crippen LogP contribution in [0, 0.1) is 19.8 Å². The number of fused-ring (bicyclic) bond motifs is 2. The molecule has 0 spiro atoms. The summed E-state index contributed by atoms with van der Waals surface area (Å²) in [6.07, 6.45) is 6.63. The molecule has 3 rings (SSSR count). The van der Waals surface area contributed by atoms with Gasteiger partial charge in [0.1, 0.15) is 40.7 Å². The third kappa shape index (κ3) is 4.42. The molecular formula is C21H28ClNO4S. The molecule has 154 valence electrons. The third-order valence-electron chi connectivity index (χ3n) is 4.99. The minimum atomic E-state index is -1.78. The van der Waals surface area contributed by atoms with Gasteiger partial charge in [-0.15, -0.1) is 10.8 Å². The van der Waals surface area contributed by atoms with Gasteiger partial charge in [-0.3, -0.25) is 4.79 Å². The number of benzene rings is 1. The van der Waals surface area contributed by atoms with Crippen molar-refractivity contribution in [3.05, 3.63) is 47.1 Å². The molecule has 1 aliphatic heterocycles. The van der Waals surface area contributed by atoms with Crippen LogP contribution >= 0.6 is 0 Å². The fourth-order valence-corrected chi connectivity index (χ4v) is 5.39. The zero-order chi connectivity index (χ0) is 19.9. The van der Waals surface area contributed by atoms with Crippen LogP contribution < -0.4 is 17.1 Å². The zero-order valence-corrected chi connectivity index (χ0v) is 18.6. The van der Waals surface area contributed by atoms with E-state index in [0.29, 0.717) is 32.1 Å². The van der Waals surface area contributed by atoms with Crippen molar-refractivity contribution in [2.75, 3.05) is 34.3 Å².